The summed E-state index contributed by atoms with van der Waals surface area (Å²) in [5, 5.41) is 0. The highest BCUT2D eigenvalue weighted by Gasteiger charge is 2.04. The maximum atomic E-state index is 11.9. The molecule has 0 aromatic carbocycles. The summed E-state index contributed by atoms with van der Waals surface area (Å²) in [5.41, 5.74) is 5.48. The lowest BCUT2D eigenvalue weighted by atomic mass is 10.3. The largest absolute Gasteiger partial charge is 0.326 e. The normalized spacial score (nSPS) is 10.8. The van der Waals surface area contributed by atoms with Crippen molar-refractivity contribution in [2.45, 2.75) is 19.5 Å². The molecule has 1 aromatic rings. The van der Waals surface area contributed by atoms with Crippen molar-refractivity contribution in [3.8, 4) is 0 Å². The third kappa shape index (κ3) is 2.62. The molecule has 0 radical (unpaired) electrons. The molecule has 0 aliphatic rings. The monoisotopic (exact) mass is 188 g/mol. The number of rotatable bonds is 3. The van der Waals surface area contributed by atoms with Crippen LogP contribution in [0.5, 0.6) is 0 Å². The van der Waals surface area contributed by atoms with Crippen molar-refractivity contribution >= 4 is 0 Å². The second-order valence-electron chi connectivity index (χ2n) is 2.62. The number of hydrogen-bond acceptors (Lipinski definition) is 2. The minimum absolute atomic E-state index is 0.241. The van der Waals surface area contributed by atoms with Gasteiger partial charge in [0.15, 0.2) is 0 Å². The van der Waals surface area contributed by atoms with E-state index in [2.05, 4.69) is 0 Å². The van der Waals surface area contributed by atoms with E-state index in [4.69, 9.17) is 5.73 Å². The van der Waals surface area contributed by atoms with Crippen LogP contribution in [0.25, 0.3) is 0 Å². The molecule has 3 nitrogen and oxygen atoms in total. The summed E-state index contributed by atoms with van der Waals surface area (Å²) in [5.74, 6) is 0. The maximum absolute atomic E-state index is 11.9. The Kier molecular flexibility index (Phi) is 3.13. The van der Waals surface area contributed by atoms with Crippen LogP contribution in [0.2, 0.25) is 0 Å². The SMILES string of the molecule is NCc1ccn(CC(F)F)c(=O)c1. The highest BCUT2D eigenvalue weighted by atomic mass is 19.3. The van der Waals surface area contributed by atoms with Crippen LogP contribution in [0.3, 0.4) is 0 Å². The summed E-state index contributed by atoms with van der Waals surface area (Å²) in [6, 6.07) is 2.83. The number of halogens is 2. The molecule has 0 bridgehead atoms. The van der Waals surface area contributed by atoms with E-state index < -0.39 is 18.5 Å². The fraction of sp³-hybridized carbons (Fsp3) is 0.375. The minimum Gasteiger partial charge on any atom is -0.326 e. The van der Waals surface area contributed by atoms with Crippen LogP contribution >= 0.6 is 0 Å². The summed E-state index contributed by atoms with van der Waals surface area (Å²) >= 11 is 0. The maximum Gasteiger partial charge on any atom is 0.256 e. The average Bonchev–Trinajstić information content (AvgIpc) is 2.08. The Morgan fingerprint density at radius 1 is 1.54 bits per heavy atom. The predicted octanol–water partition coefficient (Wildman–Crippen LogP) is 0.572. The van der Waals surface area contributed by atoms with Gasteiger partial charge in [-0.3, -0.25) is 4.79 Å². The molecule has 0 spiro atoms. The summed E-state index contributed by atoms with van der Waals surface area (Å²) in [6.07, 6.45) is -1.18. The van der Waals surface area contributed by atoms with Crippen molar-refractivity contribution < 1.29 is 8.78 Å². The Morgan fingerprint density at radius 2 is 2.23 bits per heavy atom. The van der Waals surface area contributed by atoms with E-state index >= 15 is 0 Å². The Morgan fingerprint density at radius 3 is 2.69 bits per heavy atom. The quantitative estimate of drug-likeness (QED) is 0.753. The van der Waals surface area contributed by atoms with Gasteiger partial charge in [0.1, 0.15) is 0 Å². The second kappa shape index (κ2) is 4.13. The van der Waals surface area contributed by atoms with Gasteiger partial charge in [-0.05, 0) is 11.6 Å². The summed E-state index contributed by atoms with van der Waals surface area (Å²) in [4.78, 5) is 11.1. The molecule has 0 aliphatic carbocycles. The first kappa shape index (κ1) is 9.85. The van der Waals surface area contributed by atoms with Crippen LogP contribution in [0.15, 0.2) is 23.1 Å². The molecule has 0 aliphatic heterocycles. The van der Waals surface area contributed by atoms with E-state index in [9.17, 15) is 13.6 Å². The summed E-state index contributed by atoms with van der Waals surface area (Å²) < 4.78 is 24.8. The zero-order valence-electron chi connectivity index (χ0n) is 6.91. The molecule has 2 N–H and O–H groups in total. The Hall–Kier alpha value is -1.23. The zero-order chi connectivity index (χ0) is 9.84. The van der Waals surface area contributed by atoms with Crippen LogP contribution in [-0.4, -0.2) is 11.0 Å². The number of nitrogens with two attached hydrogens (primary N) is 1. The van der Waals surface area contributed by atoms with Gasteiger partial charge < -0.3 is 10.3 Å². The first-order valence-corrected chi connectivity index (χ1v) is 3.81. The number of nitrogens with zero attached hydrogens (tertiary/aromatic N) is 1. The lowest BCUT2D eigenvalue weighted by Gasteiger charge is -2.04. The molecule has 72 valence electrons. The van der Waals surface area contributed by atoms with Gasteiger partial charge in [-0.2, -0.15) is 0 Å². The van der Waals surface area contributed by atoms with Gasteiger partial charge in [0.05, 0.1) is 6.54 Å². The van der Waals surface area contributed by atoms with E-state index in [1.807, 2.05) is 0 Å². The van der Waals surface area contributed by atoms with Gasteiger partial charge in [0.25, 0.3) is 12.0 Å². The lowest BCUT2D eigenvalue weighted by Crippen LogP contribution is -2.22. The molecule has 0 saturated heterocycles. The first-order valence-electron chi connectivity index (χ1n) is 3.81. The van der Waals surface area contributed by atoms with Gasteiger partial charge in [0.2, 0.25) is 0 Å². The van der Waals surface area contributed by atoms with Crippen LogP contribution in [-0.2, 0) is 13.1 Å². The first-order chi connectivity index (χ1) is 6.13. The molecule has 0 saturated carbocycles. The summed E-state index contributed by atoms with van der Waals surface area (Å²) in [7, 11) is 0. The average molecular weight is 188 g/mol. The summed E-state index contributed by atoms with van der Waals surface area (Å²) in [6.45, 7) is -0.325. The van der Waals surface area contributed by atoms with Crippen LogP contribution in [0, 0.1) is 0 Å². The van der Waals surface area contributed by atoms with E-state index in [1.54, 1.807) is 6.07 Å². The van der Waals surface area contributed by atoms with E-state index in [0.717, 1.165) is 4.57 Å². The van der Waals surface area contributed by atoms with E-state index in [0.29, 0.717) is 5.56 Å². The van der Waals surface area contributed by atoms with Crippen molar-refractivity contribution in [3.05, 3.63) is 34.2 Å². The molecule has 1 aromatic heterocycles. The number of alkyl halides is 2. The van der Waals surface area contributed by atoms with E-state index in [-0.39, 0.29) is 6.54 Å². The van der Waals surface area contributed by atoms with Crippen molar-refractivity contribution in [2.75, 3.05) is 0 Å². The second-order valence-corrected chi connectivity index (χ2v) is 2.62. The van der Waals surface area contributed by atoms with E-state index in [1.165, 1.54) is 12.3 Å². The zero-order valence-corrected chi connectivity index (χ0v) is 6.91. The molecular formula is C8H10F2N2O. The van der Waals surface area contributed by atoms with Crippen molar-refractivity contribution in [3.63, 3.8) is 0 Å². The molecule has 1 heterocycles. The topological polar surface area (TPSA) is 48.0 Å². The van der Waals surface area contributed by atoms with Gasteiger partial charge in [-0.1, -0.05) is 0 Å². The minimum atomic E-state index is -2.51. The smallest absolute Gasteiger partial charge is 0.256 e. The molecule has 1 rings (SSSR count). The van der Waals surface area contributed by atoms with Gasteiger partial charge in [-0.15, -0.1) is 0 Å². The Balaban J connectivity index is 2.92. The third-order valence-electron chi connectivity index (χ3n) is 1.63. The fourth-order valence-corrected chi connectivity index (χ4v) is 0.975. The van der Waals surface area contributed by atoms with Gasteiger partial charge in [-0.25, -0.2) is 8.78 Å². The van der Waals surface area contributed by atoms with Gasteiger partial charge >= 0.3 is 0 Å². The molecule has 0 fully saturated rings. The molecular weight excluding hydrogens is 178 g/mol. The van der Waals surface area contributed by atoms with Crippen molar-refractivity contribution in [2.24, 2.45) is 5.73 Å². The lowest BCUT2D eigenvalue weighted by molar-refractivity contribution is 0.125. The Labute approximate surface area is 73.8 Å². The van der Waals surface area contributed by atoms with Crippen molar-refractivity contribution in [1.82, 2.24) is 4.57 Å². The third-order valence-corrected chi connectivity index (χ3v) is 1.63. The molecule has 13 heavy (non-hydrogen) atoms. The number of hydrogen-bond donors (Lipinski definition) is 1. The van der Waals surface area contributed by atoms with Crippen LogP contribution in [0.1, 0.15) is 5.56 Å². The number of pyridine rings is 1. The number of aromatic nitrogens is 1. The van der Waals surface area contributed by atoms with Gasteiger partial charge in [0, 0.05) is 18.8 Å². The standard InChI is InChI=1S/C8H10F2N2O/c9-7(10)5-12-2-1-6(4-11)3-8(12)13/h1-3,7H,4-5,11H2. The highest BCUT2D eigenvalue weighted by Crippen LogP contribution is 1.97. The fourth-order valence-electron chi connectivity index (χ4n) is 0.975. The molecule has 0 unspecified atom stereocenters. The van der Waals surface area contributed by atoms with Crippen LogP contribution < -0.4 is 11.3 Å². The Bertz CT molecular complexity index is 335. The predicted molar refractivity (Wildman–Crippen MR) is 44.6 cm³/mol. The molecule has 0 atom stereocenters. The van der Waals surface area contributed by atoms with Crippen LogP contribution in [0.4, 0.5) is 8.78 Å². The molecule has 0 amide bonds. The van der Waals surface area contributed by atoms with Crippen molar-refractivity contribution in [1.29, 1.82) is 0 Å². The molecule has 5 heteroatoms. The highest BCUT2D eigenvalue weighted by molar-refractivity contribution is 5.10.